The van der Waals surface area contributed by atoms with Gasteiger partial charge in [0, 0.05) is 12.6 Å². The lowest BCUT2D eigenvalue weighted by Crippen LogP contribution is -2.43. The van der Waals surface area contributed by atoms with E-state index >= 15 is 0 Å². The molecule has 2 unspecified atom stereocenters. The molecule has 1 aromatic carbocycles. The Kier molecular flexibility index (Phi) is 5.13. The number of benzene rings is 1. The monoisotopic (exact) mass is 324 g/mol. The zero-order valence-electron chi connectivity index (χ0n) is 12.9. The molecule has 0 spiro atoms. The van der Waals surface area contributed by atoms with E-state index in [1.165, 1.54) is 13.2 Å². The third kappa shape index (κ3) is 3.44. The fourth-order valence-electron chi connectivity index (χ4n) is 2.27. The van der Waals surface area contributed by atoms with Crippen molar-refractivity contribution in [2.45, 2.75) is 32.4 Å². The minimum Gasteiger partial charge on any atom is -0.496 e. The Bertz CT molecular complexity index is 603. The summed E-state index contributed by atoms with van der Waals surface area (Å²) in [6, 6.07) is 3.11. The van der Waals surface area contributed by atoms with Gasteiger partial charge in [0.1, 0.15) is 11.6 Å². The van der Waals surface area contributed by atoms with Gasteiger partial charge in [-0.25, -0.2) is 0 Å². The maximum Gasteiger partial charge on any atom is 0.255 e. The molecule has 0 bridgehead atoms. The Morgan fingerprint density at radius 2 is 2.36 bits per heavy atom. The minimum absolute atomic E-state index is 0.218. The van der Waals surface area contributed by atoms with Gasteiger partial charge in [0.05, 0.1) is 35.5 Å². The fourth-order valence-corrected chi connectivity index (χ4v) is 2.43. The first-order valence-electron chi connectivity index (χ1n) is 7.21. The second-order valence-corrected chi connectivity index (χ2v) is 5.63. The van der Waals surface area contributed by atoms with Gasteiger partial charge in [0.15, 0.2) is 0 Å². The van der Waals surface area contributed by atoms with Crippen molar-refractivity contribution in [2.75, 3.05) is 19.4 Å². The van der Waals surface area contributed by atoms with E-state index in [0.29, 0.717) is 22.0 Å². The number of nitrogens with two attached hydrogens (primary N) is 1. The zero-order chi connectivity index (χ0) is 16.3. The van der Waals surface area contributed by atoms with Crippen molar-refractivity contribution in [3.05, 3.63) is 22.7 Å². The van der Waals surface area contributed by atoms with Gasteiger partial charge >= 0.3 is 0 Å². The summed E-state index contributed by atoms with van der Waals surface area (Å²) in [5.41, 5.74) is 6.44. The standard InChI is InChI=1S/C15H21ClN4O2/c1-4-9-7-18-14(20-9)8(2)19-15(21)10-5-11(16)12(17)6-13(10)22-3/h5-6,8-9H,4,7,17H2,1-3H3,(H,18,20)(H,19,21). The van der Waals surface area contributed by atoms with E-state index in [4.69, 9.17) is 22.1 Å². The van der Waals surface area contributed by atoms with E-state index in [9.17, 15) is 4.79 Å². The molecule has 0 aromatic heterocycles. The molecular formula is C15H21ClN4O2. The number of methoxy groups -OCH3 is 1. The minimum atomic E-state index is -0.282. The van der Waals surface area contributed by atoms with Gasteiger partial charge < -0.3 is 21.1 Å². The zero-order valence-corrected chi connectivity index (χ0v) is 13.7. The van der Waals surface area contributed by atoms with E-state index in [0.717, 1.165) is 18.8 Å². The Balaban J connectivity index is 2.14. The number of nitrogens with zero attached hydrogens (tertiary/aromatic N) is 1. The average molecular weight is 325 g/mol. The summed E-state index contributed by atoms with van der Waals surface area (Å²) in [6.07, 6.45) is 0.971. The van der Waals surface area contributed by atoms with Gasteiger partial charge in [-0.15, -0.1) is 0 Å². The highest BCUT2D eigenvalue weighted by Gasteiger charge is 2.23. The molecular weight excluding hydrogens is 304 g/mol. The number of carbonyl (C=O) groups excluding carboxylic acids is 1. The normalized spacial score (nSPS) is 18.4. The highest BCUT2D eigenvalue weighted by Crippen LogP contribution is 2.28. The molecule has 120 valence electrons. The molecule has 0 saturated carbocycles. The molecule has 1 aromatic rings. The van der Waals surface area contributed by atoms with Crippen LogP contribution in [0.25, 0.3) is 0 Å². The smallest absolute Gasteiger partial charge is 0.255 e. The number of hydrogen-bond donors (Lipinski definition) is 3. The second kappa shape index (κ2) is 6.87. The highest BCUT2D eigenvalue weighted by molar-refractivity contribution is 6.33. The van der Waals surface area contributed by atoms with Crippen LogP contribution in [0, 0.1) is 0 Å². The summed E-state index contributed by atoms with van der Waals surface area (Å²) in [6.45, 7) is 4.78. The summed E-state index contributed by atoms with van der Waals surface area (Å²) < 4.78 is 5.20. The van der Waals surface area contributed by atoms with Crippen molar-refractivity contribution >= 4 is 29.0 Å². The fraction of sp³-hybridized carbons (Fsp3) is 0.467. The highest BCUT2D eigenvalue weighted by atomic mass is 35.5. The van der Waals surface area contributed by atoms with Gasteiger partial charge in [-0.3, -0.25) is 9.79 Å². The van der Waals surface area contributed by atoms with Crippen LogP contribution in [0.2, 0.25) is 5.02 Å². The predicted octanol–water partition coefficient (Wildman–Crippen LogP) is 1.83. The number of hydrogen-bond acceptors (Lipinski definition) is 5. The number of halogens is 1. The van der Waals surface area contributed by atoms with Crippen molar-refractivity contribution in [2.24, 2.45) is 4.99 Å². The Hall–Kier alpha value is -1.95. The predicted molar refractivity (Wildman–Crippen MR) is 88.9 cm³/mol. The molecule has 1 amide bonds. The molecule has 4 N–H and O–H groups in total. The maximum atomic E-state index is 12.4. The number of amidine groups is 1. The average Bonchev–Trinajstić information content (AvgIpc) is 2.98. The van der Waals surface area contributed by atoms with Gasteiger partial charge in [-0.1, -0.05) is 18.5 Å². The van der Waals surface area contributed by atoms with E-state index in [1.807, 2.05) is 6.92 Å². The summed E-state index contributed by atoms with van der Waals surface area (Å²) in [5, 5.41) is 6.43. The van der Waals surface area contributed by atoms with Gasteiger partial charge in [-0.2, -0.15) is 0 Å². The van der Waals surface area contributed by atoms with Crippen LogP contribution in [0.5, 0.6) is 5.75 Å². The number of carbonyl (C=O) groups is 1. The van der Waals surface area contributed by atoms with Gasteiger partial charge in [0.25, 0.3) is 5.91 Å². The molecule has 1 heterocycles. The van der Waals surface area contributed by atoms with Crippen LogP contribution in [0.3, 0.4) is 0 Å². The van der Waals surface area contributed by atoms with Crippen LogP contribution in [0.15, 0.2) is 17.1 Å². The van der Waals surface area contributed by atoms with Crippen LogP contribution in [0.4, 0.5) is 5.69 Å². The SMILES string of the molecule is CCC1CNC(C(C)NC(=O)c2cc(Cl)c(N)cc2OC)=N1. The van der Waals surface area contributed by atoms with Crippen molar-refractivity contribution in [3.8, 4) is 5.75 Å². The van der Waals surface area contributed by atoms with Crippen LogP contribution in [-0.4, -0.2) is 37.5 Å². The van der Waals surface area contributed by atoms with E-state index < -0.39 is 0 Å². The number of nitrogen functional groups attached to an aromatic ring is 1. The topological polar surface area (TPSA) is 88.7 Å². The van der Waals surface area contributed by atoms with Crippen molar-refractivity contribution in [1.29, 1.82) is 0 Å². The summed E-state index contributed by atoms with van der Waals surface area (Å²) >= 11 is 5.99. The summed E-state index contributed by atoms with van der Waals surface area (Å²) in [7, 11) is 1.48. The molecule has 1 aliphatic heterocycles. The van der Waals surface area contributed by atoms with E-state index in [1.54, 1.807) is 6.07 Å². The Labute approximate surface area is 135 Å². The molecule has 2 rings (SSSR count). The molecule has 7 heteroatoms. The van der Waals surface area contributed by atoms with Gasteiger partial charge in [0.2, 0.25) is 0 Å². The third-order valence-corrected chi connectivity index (χ3v) is 3.96. The third-order valence-electron chi connectivity index (χ3n) is 3.63. The summed E-state index contributed by atoms with van der Waals surface area (Å²) in [5.74, 6) is 0.899. The number of anilines is 1. The number of nitrogens with one attached hydrogen (secondary N) is 2. The second-order valence-electron chi connectivity index (χ2n) is 5.23. The summed E-state index contributed by atoms with van der Waals surface area (Å²) in [4.78, 5) is 17.0. The number of rotatable bonds is 5. The van der Waals surface area contributed by atoms with E-state index in [-0.39, 0.29) is 18.0 Å². The largest absolute Gasteiger partial charge is 0.496 e. The van der Waals surface area contributed by atoms with Crippen LogP contribution in [-0.2, 0) is 0 Å². The lowest BCUT2D eigenvalue weighted by atomic mass is 10.1. The number of ether oxygens (including phenoxy) is 1. The molecule has 0 fully saturated rings. The molecule has 2 atom stereocenters. The van der Waals surface area contributed by atoms with Crippen LogP contribution in [0.1, 0.15) is 30.6 Å². The number of aliphatic imine (C=N–C) groups is 1. The van der Waals surface area contributed by atoms with Gasteiger partial charge in [-0.05, 0) is 19.4 Å². The lowest BCUT2D eigenvalue weighted by Gasteiger charge is -2.16. The molecule has 0 radical (unpaired) electrons. The first kappa shape index (κ1) is 16.4. The van der Waals surface area contributed by atoms with Crippen LogP contribution < -0.4 is 21.1 Å². The first-order chi connectivity index (χ1) is 10.5. The molecule has 22 heavy (non-hydrogen) atoms. The van der Waals surface area contributed by atoms with Crippen molar-refractivity contribution in [3.63, 3.8) is 0 Å². The molecule has 6 nitrogen and oxygen atoms in total. The van der Waals surface area contributed by atoms with E-state index in [2.05, 4.69) is 22.5 Å². The van der Waals surface area contributed by atoms with Crippen molar-refractivity contribution in [1.82, 2.24) is 10.6 Å². The first-order valence-corrected chi connectivity index (χ1v) is 7.59. The maximum absolute atomic E-state index is 12.4. The van der Waals surface area contributed by atoms with Crippen molar-refractivity contribution < 1.29 is 9.53 Å². The molecule has 0 aliphatic carbocycles. The quantitative estimate of drug-likeness (QED) is 0.721. The Morgan fingerprint density at radius 3 is 2.95 bits per heavy atom. The van der Waals surface area contributed by atoms with Crippen LogP contribution >= 0.6 is 11.6 Å². The lowest BCUT2D eigenvalue weighted by molar-refractivity contribution is 0.0946. The molecule has 0 saturated heterocycles. The Morgan fingerprint density at radius 1 is 1.64 bits per heavy atom. The number of amides is 1. The molecule has 1 aliphatic rings.